The standard InChI is InChI=1S/C16H18N2O4S2/c1-23-7-6-11(16(21)22)17-13(19)12-8-24-15-10-5-3-2-4-9(10)14(20)18(12)15/h2-5,11-12,15H,6-8H2,1H3,(H,17,19)(H,21,22). The van der Waals surface area contributed by atoms with E-state index in [1.807, 2.05) is 24.5 Å². The van der Waals surface area contributed by atoms with Crippen LogP contribution in [0.2, 0.25) is 0 Å². The van der Waals surface area contributed by atoms with Gasteiger partial charge in [-0.1, -0.05) is 18.2 Å². The van der Waals surface area contributed by atoms with Crippen LogP contribution in [-0.2, 0) is 9.59 Å². The number of carbonyl (C=O) groups excluding carboxylic acids is 2. The van der Waals surface area contributed by atoms with Gasteiger partial charge in [0.05, 0.1) is 0 Å². The number of carbonyl (C=O) groups is 3. The molecule has 2 N–H and O–H groups in total. The van der Waals surface area contributed by atoms with Gasteiger partial charge >= 0.3 is 5.97 Å². The third-order valence-electron chi connectivity index (χ3n) is 4.22. The number of hydrogen-bond donors (Lipinski definition) is 2. The van der Waals surface area contributed by atoms with Gasteiger partial charge < -0.3 is 15.3 Å². The molecule has 8 heteroatoms. The molecule has 3 atom stereocenters. The van der Waals surface area contributed by atoms with E-state index in [1.165, 1.54) is 11.8 Å². The molecule has 128 valence electrons. The van der Waals surface area contributed by atoms with Crippen LogP contribution in [-0.4, -0.2) is 57.6 Å². The summed E-state index contributed by atoms with van der Waals surface area (Å²) >= 11 is 3.07. The topological polar surface area (TPSA) is 86.7 Å². The number of amides is 2. The van der Waals surface area contributed by atoms with Crippen molar-refractivity contribution in [2.45, 2.75) is 23.9 Å². The van der Waals surface area contributed by atoms with Crippen molar-refractivity contribution in [2.75, 3.05) is 17.8 Å². The van der Waals surface area contributed by atoms with Gasteiger partial charge in [-0.15, -0.1) is 11.8 Å². The fourth-order valence-electron chi connectivity index (χ4n) is 3.00. The predicted octanol–water partition coefficient (Wildman–Crippen LogP) is 1.58. The summed E-state index contributed by atoms with van der Waals surface area (Å²) in [6, 6.07) is 5.81. The van der Waals surface area contributed by atoms with Crippen molar-refractivity contribution in [3.05, 3.63) is 35.4 Å². The molecule has 0 radical (unpaired) electrons. The van der Waals surface area contributed by atoms with Crippen molar-refractivity contribution in [2.24, 2.45) is 0 Å². The van der Waals surface area contributed by atoms with Crippen LogP contribution in [0.3, 0.4) is 0 Å². The number of nitrogens with zero attached hydrogens (tertiary/aromatic N) is 1. The van der Waals surface area contributed by atoms with Gasteiger partial charge in [-0.25, -0.2) is 4.79 Å². The Labute approximate surface area is 148 Å². The Bertz CT molecular complexity index is 682. The van der Waals surface area contributed by atoms with Gasteiger partial charge in [-0.05, 0) is 30.1 Å². The van der Waals surface area contributed by atoms with E-state index in [9.17, 15) is 19.5 Å². The van der Waals surface area contributed by atoms with Crippen LogP contribution in [0.15, 0.2) is 24.3 Å². The molecular weight excluding hydrogens is 348 g/mol. The first-order valence-corrected chi connectivity index (χ1v) is 10.0. The van der Waals surface area contributed by atoms with E-state index in [1.54, 1.807) is 22.7 Å². The van der Waals surface area contributed by atoms with Gasteiger partial charge in [0.15, 0.2) is 0 Å². The number of aliphatic carboxylic acids is 1. The SMILES string of the molecule is CSCCC(NC(=O)C1CSC2c3ccccc3C(=O)N12)C(=O)O. The number of carboxylic acids is 1. The fourth-order valence-corrected chi connectivity index (χ4v) is 4.94. The van der Waals surface area contributed by atoms with Crippen LogP contribution in [0, 0.1) is 0 Å². The molecule has 1 aromatic rings. The highest BCUT2D eigenvalue weighted by molar-refractivity contribution is 7.99. The number of fused-ring (bicyclic) bond motifs is 3. The molecule has 3 unspecified atom stereocenters. The third kappa shape index (κ3) is 3.00. The summed E-state index contributed by atoms with van der Waals surface area (Å²) in [6.07, 6.45) is 2.25. The van der Waals surface area contributed by atoms with Crippen LogP contribution in [0.4, 0.5) is 0 Å². The number of carboxylic acid groups (broad SMARTS) is 1. The molecule has 1 fully saturated rings. The Hall–Kier alpha value is -1.67. The van der Waals surface area contributed by atoms with Crippen molar-refractivity contribution < 1.29 is 19.5 Å². The molecule has 6 nitrogen and oxygen atoms in total. The Kier molecular flexibility index (Phi) is 5.05. The van der Waals surface area contributed by atoms with E-state index >= 15 is 0 Å². The van der Waals surface area contributed by atoms with Crippen LogP contribution in [0.1, 0.15) is 27.7 Å². The largest absolute Gasteiger partial charge is 0.480 e. The minimum atomic E-state index is -1.05. The summed E-state index contributed by atoms with van der Waals surface area (Å²) in [5, 5.41) is 11.7. The highest BCUT2D eigenvalue weighted by Crippen LogP contribution is 2.48. The minimum Gasteiger partial charge on any atom is -0.480 e. The van der Waals surface area contributed by atoms with Crippen LogP contribution in [0.25, 0.3) is 0 Å². The highest BCUT2D eigenvalue weighted by atomic mass is 32.2. The Morgan fingerprint density at radius 2 is 2.21 bits per heavy atom. The molecule has 2 heterocycles. The lowest BCUT2D eigenvalue weighted by Crippen LogP contribution is -2.51. The van der Waals surface area contributed by atoms with E-state index in [-0.39, 0.29) is 17.2 Å². The highest BCUT2D eigenvalue weighted by Gasteiger charge is 2.48. The monoisotopic (exact) mass is 366 g/mol. The summed E-state index contributed by atoms with van der Waals surface area (Å²) in [7, 11) is 0. The van der Waals surface area contributed by atoms with Crippen molar-refractivity contribution in [3.8, 4) is 0 Å². The summed E-state index contributed by atoms with van der Waals surface area (Å²) in [5.74, 6) is -0.467. The maximum Gasteiger partial charge on any atom is 0.326 e. The molecule has 24 heavy (non-hydrogen) atoms. The zero-order valence-corrected chi connectivity index (χ0v) is 14.7. The minimum absolute atomic E-state index is 0.154. The number of hydrogen-bond acceptors (Lipinski definition) is 5. The Morgan fingerprint density at radius 3 is 2.92 bits per heavy atom. The molecule has 0 spiro atoms. The first-order valence-electron chi connectivity index (χ1n) is 7.60. The van der Waals surface area contributed by atoms with Crippen molar-refractivity contribution in [1.29, 1.82) is 0 Å². The van der Waals surface area contributed by atoms with Gasteiger partial charge in [-0.3, -0.25) is 9.59 Å². The first kappa shape index (κ1) is 17.2. The van der Waals surface area contributed by atoms with Crippen molar-refractivity contribution >= 4 is 41.3 Å². The molecule has 1 saturated heterocycles. The van der Waals surface area contributed by atoms with Crippen molar-refractivity contribution in [3.63, 3.8) is 0 Å². The second kappa shape index (κ2) is 7.06. The van der Waals surface area contributed by atoms with Gasteiger partial charge in [0.2, 0.25) is 5.91 Å². The van der Waals surface area contributed by atoms with E-state index in [2.05, 4.69) is 5.32 Å². The number of rotatable bonds is 6. The van der Waals surface area contributed by atoms with Gasteiger partial charge in [-0.2, -0.15) is 11.8 Å². The van der Waals surface area contributed by atoms with E-state index in [0.717, 1.165) is 5.56 Å². The first-order chi connectivity index (χ1) is 11.5. The number of thioether (sulfide) groups is 2. The maximum atomic E-state index is 12.6. The van der Waals surface area contributed by atoms with E-state index in [0.29, 0.717) is 23.5 Å². The predicted molar refractivity (Wildman–Crippen MR) is 94.2 cm³/mol. The summed E-state index contributed by atoms with van der Waals surface area (Å²) < 4.78 is 0. The van der Waals surface area contributed by atoms with E-state index < -0.39 is 18.1 Å². The molecule has 0 aliphatic carbocycles. The Balaban J connectivity index is 1.74. The average Bonchev–Trinajstić information content (AvgIpc) is 3.12. The second-order valence-electron chi connectivity index (χ2n) is 5.68. The van der Waals surface area contributed by atoms with Gasteiger partial charge in [0, 0.05) is 11.3 Å². The smallest absolute Gasteiger partial charge is 0.326 e. The molecule has 2 aliphatic rings. The van der Waals surface area contributed by atoms with Gasteiger partial charge in [0.1, 0.15) is 17.5 Å². The lowest BCUT2D eigenvalue weighted by Gasteiger charge is -2.24. The molecule has 0 aromatic heterocycles. The van der Waals surface area contributed by atoms with E-state index in [4.69, 9.17) is 0 Å². The van der Waals surface area contributed by atoms with Crippen LogP contribution < -0.4 is 5.32 Å². The van der Waals surface area contributed by atoms with Crippen LogP contribution in [0.5, 0.6) is 0 Å². The maximum absolute atomic E-state index is 12.6. The zero-order valence-electron chi connectivity index (χ0n) is 13.1. The zero-order chi connectivity index (χ0) is 17.3. The summed E-state index contributed by atoms with van der Waals surface area (Å²) in [5.41, 5.74) is 1.56. The molecular formula is C16H18N2O4S2. The van der Waals surface area contributed by atoms with Crippen molar-refractivity contribution in [1.82, 2.24) is 10.2 Å². The van der Waals surface area contributed by atoms with Gasteiger partial charge in [0.25, 0.3) is 5.91 Å². The molecule has 2 aliphatic heterocycles. The number of nitrogens with one attached hydrogen (secondary N) is 1. The molecule has 2 amide bonds. The quantitative estimate of drug-likeness (QED) is 0.795. The second-order valence-corrected chi connectivity index (χ2v) is 7.78. The summed E-state index contributed by atoms with van der Waals surface area (Å²) in [4.78, 5) is 38.1. The molecule has 0 bridgehead atoms. The summed E-state index contributed by atoms with van der Waals surface area (Å²) in [6.45, 7) is 0. The van der Waals surface area contributed by atoms with Crippen LogP contribution >= 0.6 is 23.5 Å². The fraction of sp³-hybridized carbons (Fsp3) is 0.438. The third-order valence-corrected chi connectivity index (χ3v) is 6.17. The molecule has 1 aromatic carbocycles. The molecule has 3 rings (SSSR count). The normalized spacial score (nSPS) is 22.9. The molecule has 0 saturated carbocycles. The average molecular weight is 366 g/mol. The Morgan fingerprint density at radius 1 is 1.46 bits per heavy atom. The number of benzene rings is 1. The lowest BCUT2D eigenvalue weighted by molar-refractivity contribution is -0.142. The lowest BCUT2D eigenvalue weighted by atomic mass is 10.1.